The van der Waals surface area contributed by atoms with Gasteiger partial charge in [0.25, 0.3) is 0 Å². The van der Waals surface area contributed by atoms with Crippen LogP contribution in [-0.2, 0) is 38.2 Å². The molecule has 6 N–H and O–H groups in total. The van der Waals surface area contributed by atoms with Gasteiger partial charge in [-0.25, -0.2) is 9.59 Å². The van der Waals surface area contributed by atoms with E-state index in [0.29, 0.717) is 12.2 Å². The van der Waals surface area contributed by atoms with Crippen molar-refractivity contribution in [2.75, 3.05) is 39.5 Å². The number of aliphatic carboxylic acids is 4. The molecule has 0 aromatic rings. The van der Waals surface area contributed by atoms with Crippen LogP contribution in [0.15, 0.2) is 23.3 Å². The predicted molar refractivity (Wildman–Crippen MR) is 104 cm³/mol. The SMILES string of the molecule is O=C(O)C/C(=C/C(=O)NCCOCCOCCNC(=O)/C=C(/CC(=O)O)C(=O)O)C(=O)O. The zero-order valence-electron chi connectivity index (χ0n) is 16.9. The largest absolute Gasteiger partial charge is 0.481 e. The Morgan fingerprint density at radius 1 is 0.594 bits per heavy atom. The number of amides is 2. The van der Waals surface area contributed by atoms with Crippen molar-refractivity contribution in [1.29, 1.82) is 0 Å². The van der Waals surface area contributed by atoms with Crippen LogP contribution in [0.5, 0.6) is 0 Å². The fourth-order valence-corrected chi connectivity index (χ4v) is 1.94. The molecule has 0 spiro atoms. The van der Waals surface area contributed by atoms with Crippen molar-refractivity contribution in [3.63, 3.8) is 0 Å². The maximum atomic E-state index is 11.5. The number of ether oxygens (including phenoxy) is 2. The van der Waals surface area contributed by atoms with E-state index in [1.165, 1.54) is 0 Å². The third kappa shape index (κ3) is 15.1. The quantitative estimate of drug-likeness (QED) is 0.105. The van der Waals surface area contributed by atoms with E-state index in [4.69, 9.17) is 29.9 Å². The summed E-state index contributed by atoms with van der Waals surface area (Å²) >= 11 is 0. The summed E-state index contributed by atoms with van der Waals surface area (Å²) in [4.78, 5) is 65.8. The van der Waals surface area contributed by atoms with E-state index in [0.717, 1.165) is 0 Å². The van der Waals surface area contributed by atoms with E-state index in [1.54, 1.807) is 0 Å². The van der Waals surface area contributed by atoms with Crippen LogP contribution < -0.4 is 10.6 Å². The molecule has 0 rings (SSSR count). The first-order valence-electron chi connectivity index (χ1n) is 9.05. The smallest absolute Gasteiger partial charge is 0.332 e. The molecule has 14 heteroatoms. The Bertz CT molecular complexity index is 708. The van der Waals surface area contributed by atoms with E-state index in [9.17, 15) is 28.8 Å². The van der Waals surface area contributed by atoms with Crippen molar-refractivity contribution in [3.05, 3.63) is 23.3 Å². The van der Waals surface area contributed by atoms with Gasteiger partial charge in [0.1, 0.15) is 0 Å². The van der Waals surface area contributed by atoms with Crippen molar-refractivity contribution >= 4 is 35.7 Å². The van der Waals surface area contributed by atoms with Gasteiger partial charge in [0.2, 0.25) is 11.8 Å². The van der Waals surface area contributed by atoms with Gasteiger partial charge in [0.05, 0.1) is 50.4 Å². The summed E-state index contributed by atoms with van der Waals surface area (Å²) in [7, 11) is 0. The van der Waals surface area contributed by atoms with Gasteiger partial charge in [-0.3, -0.25) is 19.2 Å². The average molecular weight is 460 g/mol. The van der Waals surface area contributed by atoms with E-state index < -0.39 is 59.7 Å². The molecule has 0 saturated carbocycles. The Morgan fingerprint density at radius 2 is 0.938 bits per heavy atom. The monoisotopic (exact) mass is 460 g/mol. The molecule has 178 valence electrons. The first kappa shape index (κ1) is 28.2. The van der Waals surface area contributed by atoms with Gasteiger partial charge >= 0.3 is 23.9 Å². The fourth-order valence-electron chi connectivity index (χ4n) is 1.94. The highest BCUT2D eigenvalue weighted by atomic mass is 16.5. The van der Waals surface area contributed by atoms with Crippen LogP contribution in [0.2, 0.25) is 0 Å². The minimum atomic E-state index is -1.51. The van der Waals surface area contributed by atoms with Crippen molar-refractivity contribution < 1.29 is 58.7 Å². The lowest BCUT2D eigenvalue weighted by Gasteiger charge is -2.07. The molecule has 0 aliphatic rings. The molecule has 0 aromatic carbocycles. The summed E-state index contributed by atoms with van der Waals surface area (Å²) in [5, 5.41) is 39.4. The molecule has 0 saturated heterocycles. The number of carbonyl (C=O) groups excluding carboxylic acids is 2. The van der Waals surface area contributed by atoms with Gasteiger partial charge in [-0.15, -0.1) is 0 Å². The minimum Gasteiger partial charge on any atom is -0.481 e. The molecule has 0 aliphatic heterocycles. The highest BCUT2D eigenvalue weighted by Crippen LogP contribution is 2.02. The van der Waals surface area contributed by atoms with Crippen molar-refractivity contribution in [2.45, 2.75) is 12.8 Å². The molecule has 0 aliphatic carbocycles. The van der Waals surface area contributed by atoms with Gasteiger partial charge in [0, 0.05) is 25.2 Å². The first-order valence-corrected chi connectivity index (χ1v) is 9.05. The highest BCUT2D eigenvalue weighted by Gasteiger charge is 2.14. The first-order chi connectivity index (χ1) is 15.0. The number of carboxylic acids is 4. The number of hydrogen-bond acceptors (Lipinski definition) is 8. The molecular weight excluding hydrogens is 436 g/mol. The molecule has 0 radical (unpaired) electrons. The molecule has 0 atom stereocenters. The molecular formula is C18H24N2O12. The summed E-state index contributed by atoms with van der Waals surface area (Å²) in [5.41, 5.74) is -1.12. The van der Waals surface area contributed by atoms with Crippen molar-refractivity contribution in [2.24, 2.45) is 0 Å². The molecule has 0 aromatic heterocycles. The highest BCUT2D eigenvalue weighted by molar-refractivity contribution is 6.01. The van der Waals surface area contributed by atoms with Gasteiger partial charge in [0.15, 0.2) is 0 Å². The Morgan fingerprint density at radius 3 is 1.22 bits per heavy atom. The Hall–Kier alpha value is -3.78. The number of nitrogens with one attached hydrogen (secondary N) is 2. The number of hydrogen-bond donors (Lipinski definition) is 6. The second kappa shape index (κ2) is 16.0. The predicted octanol–water partition coefficient (Wildman–Crippen LogP) is -1.78. The Labute approximate surface area is 181 Å². The summed E-state index contributed by atoms with van der Waals surface area (Å²) < 4.78 is 10.3. The van der Waals surface area contributed by atoms with Gasteiger partial charge in [-0.1, -0.05) is 0 Å². The Kier molecular flexibility index (Phi) is 14.1. The Balaban J connectivity index is 3.93. The van der Waals surface area contributed by atoms with Crippen LogP contribution in [-0.4, -0.2) is 95.6 Å². The van der Waals surface area contributed by atoms with Crippen LogP contribution >= 0.6 is 0 Å². The minimum absolute atomic E-state index is 0.0416. The average Bonchev–Trinajstić information content (AvgIpc) is 2.67. The normalized spacial score (nSPS) is 11.5. The zero-order chi connectivity index (χ0) is 24.5. The summed E-state index contributed by atoms with van der Waals surface area (Å²) in [6.07, 6.45) is -0.221. The standard InChI is InChI=1S/C18H24N2O12/c21-13(7-11(17(27)28)9-15(23)24)19-1-3-31-5-6-32-4-2-20-14(22)8-12(18(29)30)10-16(25)26/h7-8H,1-6,9-10H2,(H,19,21)(H,20,22)(H,23,24)(H,25,26)(H,27,28)(H,29,30)/b11-7-,12-8-. The van der Waals surface area contributed by atoms with E-state index in [-0.39, 0.29) is 39.5 Å². The molecule has 32 heavy (non-hydrogen) atoms. The topological polar surface area (TPSA) is 226 Å². The maximum absolute atomic E-state index is 11.5. The van der Waals surface area contributed by atoms with Crippen LogP contribution in [0.3, 0.4) is 0 Å². The van der Waals surface area contributed by atoms with Gasteiger partial charge in [-0.05, 0) is 0 Å². The number of carboxylic acid groups (broad SMARTS) is 4. The van der Waals surface area contributed by atoms with Crippen LogP contribution in [0, 0.1) is 0 Å². The van der Waals surface area contributed by atoms with Gasteiger partial charge < -0.3 is 40.5 Å². The lowest BCUT2D eigenvalue weighted by atomic mass is 10.2. The third-order valence-electron chi connectivity index (χ3n) is 3.31. The van der Waals surface area contributed by atoms with E-state index in [2.05, 4.69) is 10.6 Å². The molecule has 2 amide bonds. The summed E-state index contributed by atoms with van der Waals surface area (Å²) in [6, 6.07) is 0. The number of carbonyl (C=O) groups is 6. The van der Waals surface area contributed by atoms with Crippen molar-refractivity contribution in [3.8, 4) is 0 Å². The number of rotatable bonds is 17. The van der Waals surface area contributed by atoms with Crippen LogP contribution in [0.25, 0.3) is 0 Å². The lowest BCUT2D eigenvalue weighted by Crippen LogP contribution is -2.28. The summed E-state index contributed by atoms with van der Waals surface area (Å²) in [6.45, 7) is 0.516. The lowest BCUT2D eigenvalue weighted by molar-refractivity contribution is -0.139. The van der Waals surface area contributed by atoms with Crippen LogP contribution in [0.4, 0.5) is 0 Å². The second-order valence-electron chi connectivity index (χ2n) is 5.90. The van der Waals surface area contributed by atoms with Crippen LogP contribution in [0.1, 0.15) is 12.8 Å². The fraction of sp³-hybridized carbons (Fsp3) is 0.444. The van der Waals surface area contributed by atoms with E-state index >= 15 is 0 Å². The molecule has 0 fully saturated rings. The van der Waals surface area contributed by atoms with E-state index in [1.807, 2.05) is 0 Å². The maximum Gasteiger partial charge on any atom is 0.332 e. The molecule has 0 heterocycles. The van der Waals surface area contributed by atoms with Crippen molar-refractivity contribution in [1.82, 2.24) is 10.6 Å². The molecule has 14 nitrogen and oxygen atoms in total. The molecule has 0 unspecified atom stereocenters. The second-order valence-corrected chi connectivity index (χ2v) is 5.90. The summed E-state index contributed by atoms with van der Waals surface area (Å²) in [5.74, 6) is -7.33. The molecule has 0 bridgehead atoms. The van der Waals surface area contributed by atoms with Gasteiger partial charge in [-0.2, -0.15) is 0 Å². The zero-order valence-corrected chi connectivity index (χ0v) is 16.9. The third-order valence-corrected chi connectivity index (χ3v) is 3.31.